The predicted octanol–water partition coefficient (Wildman–Crippen LogP) is 3.41. The van der Waals surface area contributed by atoms with Crippen LogP contribution >= 0.6 is 0 Å². The zero-order valence-electron chi connectivity index (χ0n) is 15.3. The van der Waals surface area contributed by atoms with E-state index in [9.17, 15) is 9.59 Å². The number of hydrogen-bond donors (Lipinski definition) is 2. The lowest BCUT2D eigenvalue weighted by atomic mass is 10.2. The molecule has 0 aliphatic heterocycles. The number of anilines is 1. The van der Waals surface area contributed by atoms with E-state index in [4.69, 9.17) is 25.6 Å². The van der Waals surface area contributed by atoms with Gasteiger partial charge in [0, 0.05) is 11.8 Å². The van der Waals surface area contributed by atoms with Crippen LogP contribution in [0.3, 0.4) is 0 Å². The Labute approximate surface area is 163 Å². The lowest BCUT2D eigenvalue weighted by Gasteiger charge is -2.06. The molecule has 0 atom stereocenters. The van der Waals surface area contributed by atoms with Gasteiger partial charge in [0.05, 0.1) is 30.4 Å². The lowest BCUT2D eigenvalue weighted by molar-refractivity contribution is -0.137. The zero-order chi connectivity index (χ0) is 20.8. The van der Waals surface area contributed by atoms with Crippen LogP contribution < -0.4 is 10.5 Å². The van der Waals surface area contributed by atoms with Gasteiger partial charge in [-0.05, 0) is 61.4 Å². The van der Waals surface area contributed by atoms with E-state index >= 15 is 0 Å². The van der Waals surface area contributed by atoms with E-state index in [1.807, 2.05) is 6.07 Å². The van der Waals surface area contributed by atoms with E-state index in [0.29, 0.717) is 36.6 Å². The molecule has 0 saturated heterocycles. The minimum atomic E-state index is -0.962. The van der Waals surface area contributed by atoms with Gasteiger partial charge in [0.25, 0.3) is 0 Å². The summed E-state index contributed by atoms with van der Waals surface area (Å²) >= 11 is 0. The molecule has 0 heterocycles. The molecule has 2 rings (SSSR count). The second kappa shape index (κ2) is 12.5. The van der Waals surface area contributed by atoms with Crippen molar-refractivity contribution in [3.8, 4) is 11.8 Å². The maximum atomic E-state index is 10.7. The fourth-order valence-corrected chi connectivity index (χ4v) is 1.88. The number of nitrogen functional groups attached to an aromatic ring is 1. The van der Waals surface area contributed by atoms with Crippen molar-refractivity contribution in [2.45, 2.75) is 12.8 Å². The van der Waals surface area contributed by atoms with E-state index < -0.39 is 11.9 Å². The summed E-state index contributed by atoms with van der Waals surface area (Å²) in [5.41, 5.74) is 6.93. The molecule has 0 aliphatic carbocycles. The van der Waals surface area contributed by atoms with Crippen molar-refractivity contribution in [1.29, 1.82) is 5.26 Å². The molecule has 28 heavy (non-hydrogen) atoms. The molecule has 2 aromatic carbocycles. The lowest BCUT2D eigenvalue weighted by Crippen LogP contribution is -2.04. The fourth-order valence-electron chi connectivity index (χ4n) is 1.88. The first-order valence-electron chi connectivity index (χ1n) is 8.47. The third-order valence-corrected chi connectivity index (χ3v) is 3.36. The van der Waals surface area contributed by atoms with Crippen LogP contribution in [0.2, 0.25) is 0 Å². The Morgan fingerprint density at radius 3 is 2.21 bits per heavy atom. The average molecular weight is 382 g/mol. The molecule has 0 fully saturated rings. The SMILES string of the molecule is C=CC(=O)OCCCCOc1ccc(C(=O)O)cc1.N#Cc1ccc(N)cc1. The van der Waals surface area contributed by atoms with Gasteiger partial charge in [-0.2, -0.15) is 5.26 Å². The number of carbonyl (C=O) groups is 2. The van der Waals surface area contributed by atoms with Crippen molar-refractivity contribution in [3.05, 3.63) is 72.3 Å². The Morgan fingerprint density at radius 1 is 1.07 bits per heavy atom. The monoisotopic (exact) mass is 382 g/mol. The maximum absolute atomic E-state index is 10.7. The first-order chi connectivity index (χ1) is 13.5. The van der Waals surface area contributed by atoms with Gasteiger partial charge in [-0.1, -0.05) is 6.58 Å². The number of aromatic carboxylic acids is 1. The number of hydrogen-bond acceptors (Lipinski definition) is 6. The Morgan fingerprint density at radius 2 is 1.68 bits per heavy atom. The summed E-state index contributed by atoms with van der Waals surface area (Å²) in [5, 5.41) is 17.1. The van der Waals surface area contributed by atoms with E-state index in [1.165, 1.54) is 12.1 Å². The number of esters is 1. The Balaban J connectivity index is 0.000000362. The Hall–Kier alpha value is -3.79. The van der Waals surface area contributed by atoms with Gasteiger partial charge < -0.3 is 20.3 Å². The molecule has 7 nitrogen and oxygen atoms in total. The number of rotatable bonds is 8. The molecule has 146 valence electrons. The fraction of sp³-hybridized carbons (Fsp3) is 0.190. The summed E-state index contributed by atoms with van der Waals surface area (Å²) in [7, 11) is 0. The van der Waals surface area contributed by atoms with Gasteiger partial charge in [0.2, 0.25) is 0 Å². The van der Waals surface area contributed by atoms with E-state index in [-0.39, 0.29) is 5.56 Å². The summed E-state index contributed by atoms with van der Waals surface area (Å²) in [6.07, 6.45) is 2.57. The van der Waals surface area contributed by atoms with Crippen molar-refractivity contribution < 1.29 is 24.2 Å². The molecule has 0 bridgehead atoms. The van der Waals surface area contributed by atoms with Gasteiger partial charge in [0.1, 0.15) is 5.75 Å². The topological polar surface area (TPSA) is 123 Å². The molecular formula is C21H22N2O5. The number of carbonyl (C=O) groups excluding carboxylic acids is 1. The molecule has 0 spiro atoms. The van der Waals surface area contributed by atoms with Crippen molar-refractivity contribution in [3.63, 3.8) is 0 Å². The normalized spacial score (nSPS) is 9.25. The Bertz CT molecular complexity index is 808. The number of nitrogens with two attached hydrogens (primary N) is 1. The molecule has 3 N–H and O–H groups in total. The van der Waals surface area contributed by atoms with Crippen LogP contribution in [0.5, 0.6) is 5.75 Å². The van der Waals surface area contributed by atoms with Crippen molar-refractivity contribution in [2.24, 2.45) is 0 Å². The van der Waals surface area contributed by atoms with Crippen LogP contribution in [0.4, 0.5) is 5.69 Å². The smallest absolute Gasteiger partial charge is 0.335 e. The van der Waals surface area contributed by atoms with Crippen LogP contribution in [0, 0.1) is 11.3 Å². The number of carboxylic acids is 1. The summed E-state index contributed by atoms with van der Waals surface area (Å²) in [6.45, 7) is 4.12. The highest BCUT2D eigenvalue weighted by Crippen LogP contribution is 2.12. The highest BCUT2D eigenvalue weighted by atomic mass is 16.5. The molecule has 0 amide bonds. The standard InChI is InChI=1S/C14H16O5.C7H6N2/c1-2-13(15)19-10-4-3-9-18-12-7-5-11(6-8-12)14(16)17;8-5-6-1-3-7(9)4-2-6/h2,5-8H,1,3-4,9-10H2,(H,16,17);1-4H,9H2. The van der Waals surface area contributed by atoms with Gasteiger partial charge in [0.15, 0.2) is 0 Å². The highest BCUT2D eigenvalue weighted by molar-refractivity contribution is 5.87. The number of unbranched alkanes of at least 4 members (excludes halogenated alkanes) is 1. The van der Waals surface area contributed by atoms with Gasteiger partial charge >= 0.3 is 11.9 Å². The molecule has 0 aliphatic rings. The van der Waals surface area contributed by atoms with Crippen molar-refractivity contribution in [2.75, 3.05) is 18.9 Å². The third kappa shape index (κ3) is 9.06. The first kappa shape index (κ1) is 22.3. The zero-order valence-corrected chi connectivity index (χ0v) is 15.3. The number of carboxylic acid groups (broad SMARTS) is 1. The number of nitriles is 1. The van der Waals surface area contributed by atoms with Gasteiger partial charge in [-0.3, -0.25) is 0 Å². The average Bonchev–Trinajstić information content (AvgIpc) is 2.71. The van der Waals surface area contributed by atoms with Crippen molar-refractivity contribution >= 4 is 17.6 Å². The second-order valence-electron chi connectivity index (χ2n) is 5.49. The van der Waals surface area contributed by atoms with E-state index in [1.54, 1.807) is 36.4 Å². The first-order valence-corrected chi connectivity index (χ1v) is 8.47. The van der Waals surface area contributed by atoms with Gasteiger partial charge in [-0.25, -0.2) is 9.59 Å². The maximum Gasteiger partial charge on any atom is 0.335 e. The second-order valence-corrected chi connectivity index (χ2v) is 5.49. The molecule has 7 heteroatoms. The molecule has 0 unspecified atom stereocenters. The third-order valence-electron chi connectivity index (χ3n) is 3.36. The largest absolute Gasteiger partial charge is 0.494 e. The van der Waals surface area contributed by atoms with Crippen LogP contribution in [0.15, 0.2) is 61.2 Å². The summed E-state index contributed by atoms with van der Waals surface area (Å²) in [5.74, 6) is -0.770. The number of ether oxygens (including phenoxy) is 2. The molecule has 0 saturated carbocycles. The molecule has 0 aromatic heterocycles. The highest BCUT2D eigenvalue weighted by Gasteiger charge is 2.02. The predicted molar refractivity (Wildman–Crippen MR) is 105 cm³/mol. The number of nitrogens with zero attached hydrogens (tertiary/aromatic N) is 1. The summed E-state index contributed by atoms with van der Waals surface area (Å²) in [4.78, 5) is 21.4. The number of benzene rings is 2. The minimum Gasteiger partial charge on any atom is -0.494 e. The van der Waals surface area contributed by atoms with Crippen LogP contribution in [-0.2, 0) is 9.53 Å². The Kier molecular flexibility index (Phi) is 9.97. The molecular weight excluding hydrogens is 360 g/mol. The van der Waals surface area contributed by atoms with E-state index in [0.717, 1.165) is 12.5 Å². The quantitative estimate of drug-likeness (QED) is 0.310. The van der Waals surface area contributed by atoms with Gasteiger partial charge in [-0.15, -0.1) is 0 Å². The molecule has 2 aromatic rings. The summed E-state index contributed by atoms with van der Waals surface area (Å²) in [6, 6.07) is 15.0. The molecule has 0 radical (unpaired) electrons. The van der Waals surface area contributed by atoms with E-state index in [2.05, 4.69) is 6.58 Å². The van der Waals surface area contributed by atoms with Crippen molar-refractivity contribution in [1.82, 2.24) is 0 Å². The summed E-state index contributed by atoms with van der Waals surface area (Å²) < 4.78 is 10.2. The minimum absolute atomic E-state index is 0.226. The van der Waals surface area contributed by atoms with Crippen LogP contribution in [0.25, 0.3) is 0 Å². The van der Waals surface area contributed by atoms with Crippen LogP contribution in [-0.4, -0.2) is 30.3 Å². The van der Waals surface area contributed by atoms with Crippen LogP contribution in [0.1, 0.15) is 28.8 Å².